The number of nitrogens with one attached hydrogen (secondary N) is 2. The first kappa shape index (κ1) is 21.3. The van der Waals surface area contributed by atoms with Gasteiger partial charge in [0.1, 0.15) is 5.75 Å². The summed E-state index contributed by atoms with van der Waals surface area (Å²) in [5.74, 6) is 1.82. The first-order valence-electron chi connectivity index (χ1n) is 9.44. The minimum absolute atomic E-state index is 0.832. The van der Waals surface area contributed by atoms with Gasteiger partial charge >= 0.3 is 0 Å². The maximum Gasteiger partial charge on any atom is 0.190 e. The lowest BCUT2D eigenvalue weighted by Gasteiger charge is -2.18. The highest BCUT2D eigenvalue weighted by Crippen LogP contribution is 2.19. The van der Waals surface area contributed by atoms with Gasteiger partial charge in [-0.3, -0.25) is 4.99 Å². The third-order valence-corrected chi connectivity index (χ3v) is 4.43. The molecule has 0 aromatic heterocycles. The maximum absolute atomic E-state index is 5.44. The molecule has 0 bridgehead atoms. The smallest absolute Gasteiger partial charge is 0.190 e. The van der Waals surface area contributed by atoms with E-state index >= 15 is 0 Å². The lowest BCUT2D eigenvalue weighted by Crippen LogP contribution is -2.39. The molecule has 0 aliphatic rings. The van der Waals surface area contributed by atoms with Gasteiger partial charge in [-0.15, -0.1) is 0 Å². The topological polar surface area (TPSA) is 48.9 Å². The average Bonchev–Trinajstić information content (AvgIpc) is 2.63. The standard InChI is InChI=1S/C20H36N4O/c1-6-24(7-2)15-9-8-13-22-20(21-4)23-14-12-18-16-17(3)10-11-19(18)25-5/h10-11,16H,6-9,12-15H2,1-5H3,(H2,21,22,23). The summed E-state index contributed by atoms with van der Waals surface area (Å²) in [7, 11) is 3.54. The molecule has 0 aliphatic carbocycles. The number of rotatable bonds is 11. The van der Waals surface area contributed by atoms with Gasteiger partial charge < -0.3 is 20.3 Å². The van der Waals surface area contributed by atoms with E-state index < -0.39 is 0 Å². The minimum atomic E-state index is 0.832. The van der Waals surface area contributed by atoms with Crippen LogP contribution >= 0.6 is 0 Å². The van der Waals surface area contributed by atoms with Crippen LogP contribution in [0, 0.1) is 6.92 Å². The van der Waals surface area contributed by atoms with E-state index in [9.17, 15) is 0 Å². The van der Waals surface area contributed by atoms with Gasteiger partial charge in [0.05, 0.1) is 7.11 Å². The highest BCUT2D eigenvalue weighted by atomic mass is 16.5. The Labute approximate surface area is 153 Å². The lowest BCUT2D eigenvalue weighted by molar-refractivity contribution is 0.297. The molecule has 0 atom stereocenters. The average molecular weight is 349 g/mol. The molecule has 0 amide bonds. The Morgan fingerprint density at radius 2 is 1.84 bits per heavy atom. The second-order valence-electron chi connectivity index (χ2n) is 6.23. The van der Waals surface area contributed by atoms with Gasteiger partial charge in [0.2, 0.25) is 0 Å². The van der Waals surface area contributed by atoms with Crippen molar-refractivity contribution in [3.05, 3.63) is 29.3 Å². The monoisotopic (exact) mass is 348 g/mol. The maximum atomic E-state index is 5.44. The van der Waals surface area contributed by atoms with E-state index in [0.717, 1.165) is 50.7 Å². The zero-order chi connectivity index (χ0) is 18.5. The zero-order valence-corrected chi connectivity index (χ0v) is 16.7. The molecule has 0 heterocycles. The first-order chi connectivity index (χ1) is 12.1. The zero-order valence-electron chi connectivity index (χ0n) is 16.7. The molecule has 142 valence electrons. The van der Waals surface area contributed by atoms with Crippen molar-refractivity contribution in [1.82, 2.24) is 15.5 Å². The summed E-state index contributed by atoms with van der Waals surface area (Å²) in [5.41, 5.74) is 2.48. The molecule has 5 nitrogen and oxygen atoms in total. The predicted molar refractivity (Wildman–Crippen MR) is 108 cm³/mol. The highest BCUT2D eigenvalue weighted by Gasteiger charge is 2.04. The molecule has 2 N–H and O–H groups in total. The van der Waals surface area contributed by atoms with E-state index in [0.29, 0.717) is 0 Å². The Kier molecular flexibility index (Phi) is 10.7. The molecule has 0 saturated heterocycles. The number of guanidine groups is 1. The van der Waals surface area contributed by atoms with Gasteiger partial charge in [-0.2, -0.15) is 0 Å². The van der Waals surface area contributed by atoms with E-state index in [4.69, 9.17) is 4.74 Å². The Hall–Kier alpha value is -1.75. The molecule has 1 aromatic rings. The summed E-state index contributed by atoms with van der Waals surface area (Å²) in [4.78, 5) is 6.76. The van der Waals surface area contributed by atoms with Crippen molar-refractivity contribution in [2.45, 2.75) is 40.0 Å². The van der Waals surface area contributed by atoms with Crippen LogP contribution < -0.4 is 15.4 Å². The number of hydrogen-bond donors (Lipinski definition) is 2. The molecule has 1 rings (SSSR count). The summed E-state index contributed by atoms with van der Waals surface area (Å²) >= 11 is 0. The Balaban J connectivity index is 2.27. The number of aliphatic imine (C=N–C) groups is 1. The number of nitrogens with zero attached hydrogens (tertiary/aromatic N) is 2. The van der Waals surface area contributed by atoms with Crippen molar-refractivity contribution in [1.29, 1.82) is 0 Å². The minimum Gasteiger partial charge on any atom is -0.496 e. The predicted octanol–water partition coefficient (Wildman–Crippen LogP) is 2.83. The number of ether oxygens (including phenoxy) is 1. The van der Waals surface area contributed by atoms with Crippen LogP contribution in [0.2, 0.25) is 0 Å². The normalized spacial score (nSPS) is 11.7. The van der Waals surface area contributed by atoms with E-state index in [1.807, 2.05) is 13.1 Å². The molecule has 0 fully saturated rings. The molecule has 25 heavy (non-hydrogen) atoms. The van der Waals surface area contributed by atoms with Crippen LogP contribution in [0.15, 0.2) is 23.2 Å². The largest absolute Gasteiger partial charge is 0.496 e. The summed E-state index contributed by atoms with van der Waals surface area (Å²) in [6.07, 6.45) is 3.28. The second-order valence-corrected chi connectivity index (χ2v) is 6.23. The summed E-state index contributed by atoms with van der Waals surface area (Å²) in [6, 6.07) is 6.30. The fraction of sp³-hybridized carbons (Fsp3) is 0.650. The number of aryl methyl sites for hydroxylation is 1. The highest BCUT2D eigenvalue weighted by molar-refractivity contribution is 5.79. The van der Waals surface area contributed by atoms with Crippen LogP contribution in [0.25, 0.3) is 0 Å². The molecule has 5 heteroatoms. The van der Waals surface area contributed by atoms with Crippen molar-refractivity contribution < 1.29 is 4.74 Å². The Bertz CT molecular complexity index is 512. The lowest BCUT2D eigenvalue weighted by atomic mass is 10.1. The number of unbranched alkanes of at least 4 members (excludes halogenated alkanes) is 1. The molecular weight excluding hydrogens is 312 g/mol. The van der Waals surface area contributed by atoms with E-state index in [2.05, 4.69) is 53.4 Å². The van der Waals surface area contributed by atoms with Crippen LogP contribution in [0.5, 0.6) is 5.75 Å². The van der Waals surface area contributed by atoms with E-state index in [-0.39, 0.29) is 0 Å². The van der Waals surface area contributed by atoms with Gasteiger partial charge in [-0.25, -0.2) is 0 Å². The van der Waals surface area contributed by atoms with Crippen LogP contribution in [-0.2, 0) is 6.42 Å². The number of hydrogen-bond acceptors (Lipinski definition) is 3. The van der Waals surface area contributed by atoms with Crippen molar-refractivity contribution in [2.24, 2.45) is 4.99 Å². The van der Waals surface area contributed by atoms with E-state index in [1.165, 1.54) is 24.1 Å². The molecular formula is C20H36N4O. The van der Waals surface area contributed by atoms with Gasteiger partial charge in [-0.1, -0.05) is 31.5 Å². The van der Waals surface area contributed by atoms with Crippen molar-refractivity contribution >= 4 is 5.96 Å². The fourth-order valence-electron chi connectivity index (χ4n) is 2.85. The summed E-state index contributed by atoms with van der Waals surface area (Å²) in [5, 5.41) is 6.78. The molecule has 0 unspecified atom stereocenters. The first-order valence-corrected chi connectivity index (χ1v) is 9.44. The summed E-state index contributed by atoms with van der Waals surface area (Å²) < 4.78 is 5.44. The third kappa shape index (κ3) is 8.25. The summed E-state index contributed by atoms with van der Waals surface area (Å²) in [6.45, 7) is 11.8. The number of benzene rings is 1. The van der Waals surface area contributed by atoms with Crippen molar-refractivity contribution in [3.63, 3.8) is 0 Å². The molecule has 0 aliphatic heterocycles. The number of methoxy groups -OCH3 is 1. The Morgan fingerprint density at radius 1 is 1.12 bits per heavy atom. The molecule has 1 aromatic carbocycles. The van der Waals surface area contributed by atoms with E-state index in [1.54, 1.807) is 7.11 Å². The SMILES string of the molecule is CCN(CC)CCCCNC(=NC)NCCc1cc(C)ccc1OC. The molecule has 0 spiro atoms. The van der Waals surface area contributed by atoms with Crippen LogP contribution in [0.1, 0.15) is 37.8 Å². The van der Waals surface area contributed by atoms with Gasteiger partial charge in [-0.05, 0) is 57.5 Å². The van der Waals surface area contributed by atoms with Crippen LogP contribution in [-0.4, -0.2) is 57.7 Å². The van der Waals surface area contributed by atoms with Gasteiger partial charge in [0, 0.05) is 20.1 Å². The molecule has 0 saturated carbocycles. The quantitative estimate of drug-likeness (QED) is 0.367. The van der Waals surface area contributed by atoms with Gasteiger partial charge in [0.25, 0.3) is 0 Å². The third-order valence-electron chi connectivity index (χ3n) is 4.43. The van der Waals surface area contributed by atoms with Crippen LogP contribution in [0.3, 0.4) is 0 Å². The van der Waals surface area contributed by atoms with Crippen molar-refractivity contribution in [2.75, 3.05) is 46.9 Å². The fourth-order valence-corrected chi connectivity index (χ4v) is 2.85. The van der Waals surface area contributed by atoms with Crippen LogP contribution in [0.4, 0.5) is 0 Å². The van der Waals surface area contributed by atoms with Gasteiger partial charge in [0.15, 0.2) is 5.96 Å². The van der Waals surface area contributed by atoms with Crippen molar-refractivity contribution in [3.8, 4) is 5.75 Å². The molecule has 0 radical (unpaired) electrons. The Morgan fingerprint density at radius 3 is 2.48 bits per heavy atom. The second kappa shape index (κ2) is 12.6.